The van der Waals surface area contributed by atoms with Crippen LogP contribution >= 0.6 is 0 Å². The van der Waals surface area contributed by atoms with Gasteiger partial charge in [-0.2, -0.15) is 0 Å². The Bertz CT molecular complexity index is 1390. The maximum Gasteiger partial charge on any atom is 0.309 e. The van der Waals surface area contributed by atoms with Gasteiger partial charge in [0.2, 0.25) is 0 Å². The third-order valence-corrected chi connectivity index (χ3v) is 15.3. The molecule has 0 heterocycles. The Morgan fingerprint density at radius 1 is 0.269 bits per heavy atom. The van der Waals surface area contributed by atoms with E-state index in [4.69, 9.17) is 14.2 Å². The molecule has 454 valence electrons. The molecular weight excluding hydrogens is 961 g/mol. The molecule has 0 bridgehead atoms. The van der Waals surface area contributed by atoms with Gasteiger partial charge in [0, 0.05) is 12.8 Å². The molecule has 0 aliphatic carbocycles. The van der Waals surface area contributed by atoms with Crippen molar-refractivity contribution in [1.29, 1.82) is 0 Å². The third kappa shape index (κ3) is 63.9. The lowest BCUT2D eigenvalue weighted by atomic mass is 10.0. The predicted octanol–water partition coefficient (Wildman–Crippen LogP) is 23.5. The first kappa shape index (κ1) is 75.1. The summed E-state index contributed by atoms with van der Waals surface area (Å²) in [5.74, 6) is -1.01. The molecule has 0 radical (unpaired) electrons. The Morgan fingerprint density at radius 3 is 0.782 bits per heavy atom. The fourth-order valence-electron chi connectivity index (χ4n) is 10.2. The highest BCUT2D eigenvalue weighted by Crippen LogP contribution is 2.18. The van der Waals surface area contributed by atoms with Gasteiger partial charge in [0.25, 0.3) is 0 Å². The molecule has 0 amide bonds. The van der Waals surface area contributed by atoms with Crippen molar-refractivity contribution in [3.8, 4) is 0 Å². The van der Waals surface area contributed by atoms with Crippen molar-refractivity contribution in [2.24, 2.45) is 0 Å². The topological polar surface area (TPSA) is 78.9 Å². The fraction of sp³-hybridized carbons (Fsp3) is 0.819. The molecule has 0 rings (SSSR count). The Labute approximate surface area is 485 Å². The van der Waals surface area contributed by atoms with E-state index in [0.717, 1.165) is 70.6 Å². The van der Waals surface area contributed by atoms with E-state index in [9.17, 15) is 14.4 Å². The van der Waals surface area contributed by atoms with E-state index in [0.29, 0.717) is 12.8 Å². The number of ether oxygens (including phenoxy) is 3. The molecule has 0 aromatic heterocycles. The standard InChI is InChI=1S/C72H130O6/c1-4-7-10-13-16-19-22-25-28-30-31-32-33-34-35-36-37-38-39-40-41-42-45-47-50-53-56-59-62-65-71(74)77-68-69(67-76-70(73)64-61-58-55-52-49-46-43-27-24-21-18-15-12-9-6-3)78-72(75)66-63-60-57-54-51-48-44-29-26-23-20-17-14-11-8-5-2/h9,12,18,21,27,43,49,52,58,61,69H,4-8,10-11,13-17,19-20,22-26,28-42,44-48,50-51,53-57,59-60,62-68H2,1-3H3/b12-9-,21-18-,43-27-,52-49-,61-58-. The summed E-state index contributed by atoms with van der Waals surface area (Å²) in [6.07, 6.45) is 85.7. The van der Waals surface area contributed by atoms with Gasteiger partial charge in [0.1, 0.15) is 13.2 Å². The zero-order valence-electron chi connectivity index (χ0n) is 52.2. The van der Waals surface area contributed by atoms with Crippen LogP contribution in [0.1, 0.15) is 361 Å². The highest BCUT2D eigenvalue weighted by atomic mass is 16.6. The van der Waals surface area contributed by atoms with Crippen LogP contribution in [0.4, 0.5) is 0 Å². The number of carbonyl (C=O) groups is 3. The molecule has 0 fully saturated rings. The molecule has 0 saturated heterocycles. The van der Waals surface area contributed by atoms with Crippen molar-refractivity contribution in [3.63, 3.8) is 0 Å². The largest absolute Gasteiger partial charge is 0.462 e. The SMILES string of the molecule is CC/C=C\C/C=C\C/C=C\C/C=C\C/C=C\CC(=O)OCC(COC(=O)CCCCCCCCCCCCCCCCCCCCCCCCCCCCCCC)OC(=O)CCCCCCCCCCCCCCCCCC. The molecule has 0 N–H and O–H groups in total. The number of esters is 3. The second kappa shape index (κ2) is 66.6. The van der Waals surface area contributed by atoms with Gasteiger partial charge in [-0.25, -0.2) is 0 Å². The number of hydrogen-bond acceptors (Lipinski definition) is 6. The molecule has 6 heteroatoms. The van der Waals surface area contributed by atoms with E-state index in [1.165, 1.54) is 250 Å². The number of allylic oxidation sites excluding steroid dienone is 9. The monoisotopic (exact) mass is 1090 g/mol. The van der Waals surface area contributed by atoms with Crippen LogP contribution in [0.3, 0.4) is 0 Å². The molecular formula is C72H130O6. The van der Waals surface area contributed by atoms with Crippen LogP contribution in [0.5, 0.6) is 0 Å². The van der Waals surface area contributed by atoms with Gasteiger partial charge < -0.3 is 14.2 Å². The molecule has 78 heavy (non-hydrogen) atoms. The second-order valence-corrected chi connectivity index (χ2v) is 23.1. The van der Waals surface area contributed by atoms with Crippen LogP contribution in [-0.2, 0) is 28.6 Å². The maximum absolute atomic E-state index is 12.9. The minimum absolute atomic E-state index is 0.0992. The van der Waals surface area contributed by atoms with Crippen LogP contribution in [0.25, 0.3) is 0 Å². The molecule has 6 nitrogen and oxygen atoms in total. The first-order chi connectivity index (χ1) is 38.5. The maximum atomic E-state index is 12.9. The van der Waals surface area contributed by atoms with Crippen LogP contribution < -0.4 is 0 Å². The van der Waals surface area contributed by atoms with Gasteiger partial charge in [-0.15, -0.1) is 0 Å². The molecule has 0 spiro atoms. The van der Waals surface area contributed by atoms with Crippen LogP contribution in [0, 0.1) is 0 Å². The molecule has 0 aromatic rings. The highest BCUT2D eigenvalue weighted by molar-refractivity contribution is 5.72. The van der Waals surface area contributed by atoms with Crippen molar-refractivity contribution in [3.05, 3.63) is 60.8 Å². The van der Waals surface area contributed by atoms with Crippen molar-refractivity contribution in [2.45, 2.75) is 367 Å². The molecule has 0 aromatic carbocycles. The smallest absolute Gasteiger partial charge is 0.309 e. The summed E-state index contributed by atoms with van der Waals surface area (Å²) in [6.45, 7) is 6.50. The Balaban J connectivity index is 4.24. The van der Waals surface area contributed by atoms with Gasteiger partial charge in [0.05, 0.1) is 6.42 Å². The first-order valence-corrected chi connectivity index (χ1v) is 34.3. The second-order valence-electron chi connectivity index (χ2n) is 23.1. The number of unbranched alkanes of at least 4 members (excludes halogenated alkanes) is 43. The van der Waals surface area contributed by atoms with Gasteiger partial charge in [0.15, 0.2) is 6.10 Å². The van der Waals surface area contributed by atoms with Gasteiger partial charge >= 0.3 is 17.9 Å². The zero-order chi connectivity index (χ0) is 56.4. The number of carbonyl (C=O) groups excluding carboxylic acids is 3. The minimum Gasteiger partial charge on any atom is -0.462 e. The summed E-state index contributed by atoms with van der Waals surface area (Å²) in [6, 6.07) is 0. The summed E-state index contributed by atoms with van der Waals surface area (Å²) >= 11 is 0. The average molecular weight is 1090 g/mol. The average Bonchev–Trinajstić information content (AvgIpc) is 3.44. The van der Waals surface area contributed by atoms with Crippen molar-refractivity contribution in [1.82, 2.24) is 0 Å². The molecule has 1 atom stereocenters. The van der Waals surface area contributed by atoms with Crippen molar-refractivity contribution in [2.75, 3.05) is 13.2 Å². The van der Waals surface area contributed by atoms with E-state index >= 15 is 0 Å². The van der Waals surface area contributed by atoms with E-state index in [1.807, 2.05) is 12.2 Å². The lowest BCUT2D eigenvalue weighted by molar-refractivity contribution is -0.166. The zero-order valence-corrected chi connectivity index (χ0v) is 52.2. The fourth-order valence-corrected chi connectivity index (χ4v) is 10.2. The van der Waals surface area contributed by atoms with Crippen LogP contribution in [0.15, 0.2) is 60.8 Å². The first-order valence-electron chi connectivity index (χ1n) is 34.3. The van der Waals surface area contributed by atoms with Crippen molar-refractivity contribution < 1.29 is 28.6 Å². The van der Waals surface area contributed by atoms with Crippen LogP contribution in [0.2, 0.25) is 0 Å². The predicted molar refractivity (Wildman–Crippen MR) is 339 cm³/mol. The van der Waals surface area contributed by atoms with E-state index in [2.05, 4.69) is 69.4 Å². The summed E-state index contributed by atoms with van der Waals surface area (Å²) in [7, 11) is 0. The lowest BCUT2D eigenvalue weighted by Crippen LogP contribution is -2.30. The normalized spacial score (nSPS) is 12.4. The quantitative estimate of drug-likeness (QED) is 0.0261. The summed E-state index contributed by atoms with van der Waals surface area (Å²) in [4.78, 5) is 38.3. The number of hydrogen-bond donors (Lipinski definition) is 0. The van der Waals surface area contributed by atoms with E-state index < -0.39 is 12.1 Å². The lowest BCUT2D eigenvalue weighted by Gasteiger charge is -2.18. The van der Waals surface area contributed by atoms with Gasteiger partial charge in [-0.05, 0) is 44.9 Å². The van der Waals surface area contributed by atoms with E-state index in [-0.39, 0.29) is 31.6 Å². The summed E-state index contributed by atoms with van der Waals surface area (Å²) < 4.78 is 16.8. The Kier molecular flexibility index (Phi) is 64.2. The molecule has 1 unspecified atom stereocenters. The van der Waals surface area contributed by atoms with Crippen LogP contribution in [-0.4, -0.2) is 37.2 Å². The Morgan fingerprint density at radius 2 is 0.500 bits per heavy atom. The summed E-state index contributed by atoms with van der Waals surface area (Å²) in [5.41, 5.74) is 0. The molecule has 0 aliphatic heterocycles. The number of rotatable bonds is 63. The van der Waals surface area contributed by atoms with E-state index in [1.54, 1.807) is 0 Å². The summed E-state index contributed by atoms with van der Waals surface area (Å²) in [5, 5.41) is 0. The molecule has 0 aliphatic rings. The van der Waals surface area contributed by atoms with Gasteiger partial charge in [-0.3, -0.25) is 14.4 Å². The third-order valence-electron chi connectivity index (χ3n) is 15.3. The van der Waals surface area contributed by atoms with Gasteiger partial charge in [-0.1, -0.05) is 358 Å². The minimum atomic E-state index is -0.812. The Hall–Kier alpha value is -2.89. The highest BCUT2D eigenvalue weighted by Gasteiger charge is 2.19. The van der Waals surface area contributed by atoms with Crippen molar-refractivity contribution >= 4 is 17.9 Å². The molecule has 0 saturated carbocycles.